The molecule has 4 aliphatic heterocycles. The highest BCUT2D eigenvalue weighted by Gasteiger charge is 2.49. The summed E-state index contributed by atoms with van der Waals surface area (Å²) in [6.45, 7) is 4.14. The van der Waals surface area contributed by atoms with E-state index in [1.54, 1.807) is 36.2 Å². The highest BCUT2D eigenvalue weighted by molar-refractivity contribution is 5.95. The molecular weight excluding hydrogens is 552 g/mol. The molecule has 4 saturated heterocycles. The third-order valence-electron chi connectivity index (χ3n) is 8.79. The fraction of sp³-hybridized carbons (Fsp3) is 0.531. The second-order valence-corrected chi connectivity index (χ2v) is 11.6. The van der Waals surface area contributed by atoms with E-state index in [4.69, 9.17) is 18.9 Å². The van der Waals surface area contributed by atoms with Crippen molar-refractivity contribution in [2.75, 3.05) is 67.1 Å². The van der Waals surface area contributed by atoms with Gasteiger partial charge in [0.1, 0.15) is 17.4 Å². The number of nitrogens with one attached hydrogen (secondary N) is 1. The fourth-order valence-corrected chi connectivity index (χ4v) is 6.14. The Morgan fingerprint density at radius 1 is 1.00 bits per heavy atom. The number of carbonyl (C=O) groups excluding carboxylic acids is 3. The molecular formula is C32H42N4O7. The maximum atomic E-state index is 13.3. The van der Waals surface area contributed by atoms with Gasteiger partial charge in [0.25, 0.3) is 5.91 Å². The molecule has 11 nitrogen and oxygen atoms in total. The Balaban J connectivity index is 1.13. The minimum absolute atomic E-state index is 0.0909. The lowest BCUT2D eigenvalue weighted by Crippen LogP contribution is -2.69. The lowest BCUT2D eigenvalue weighted by atomic mass is 9.82. The molecule has 2 bridgehead atoms. The summed E-state index contributed by atoms with van der Waals surface area (Å²) >= 11 is 0. The van der Waals surface area contributed by atoms with Crippen LogP contribution < -0.4 is 10.1 Å². The summed E-state index contributed by atoms with van der Waals surface area (Å²) in [5.41, 5.74) is 0.746. The Hall–Kier alpha value is -3.67. The Morgan fingerprint density at radius 2 is 1.67 bits per heavy atom. The zero-order valence-electron chi connectivity index (χ0n) is 25.2. The Labute approximate surface area is 253 Å². The second kappa shape index (κ2) is 13.7. The summed E-state index contributed by atoms with van der Waals surface area (Å²) in [5, 5.41) is 3.12. The van der Waals surface area contributed by atoms with Gasteiger partial charge >= 0.3 is 6.09 Å². The molecule has 2 aromatic rings. The molecule has 0 aliphatic carbocycles. The number of amides is 3. The molecule has 0 radical (unpaired) electrons. The second-order valence-electron chi connectivity index (χ2n) is 11.6. The molecule has 0 aromatic heterocycles. The number of fused-ring (bicyclic) bond motifs is 3. The number of likely N-dealkylation sites (tertiary alicyclic amines) is 1. The average molecular weight is 595 g/mol. The van der Waals surface area contributed by atoms with Crippen molar-refractivity contribution in [3.05, 3.63) is 65.7 Å². The van der Waals surface area contributed by atoms with Crippen molar-refractivity contribution >= 4 is 17.9 Å². The maximum Gasteiger partial charge on any atom is 0.408 e. The normalized spacial score (nSPS) is 22.0. The molecule has 4 aliphatic rings. The number of nitrogens with zero attached hydrogens (tertiary/aromatic N) is 3. The summed E-state index contributed by atoms with van der Waals surface area (Å²) in [7, 11) is 4.74. The van der Waals surface area contributed by atoms with Gasteiger partial charge in [-0.1, -0.05) is 30.3 Å². The molecule has 0 unspecified atom stereocenters. The Kier molecular flexibility index (Phi) is 9.84. The molecule has 43 heavy (non-hydrogen) atoms. The maximum absolute atomic E-state index is 13.3. The number of likely N-dealkylation sites (N-methyl/N-ethyl adjacent to an activating group) is 1. The standard InChI is InChI=1S/C32H42N4O7/c1-34(20-29(40-2)41-3)28(37)15-18-42-26-11-9-24(10-12-26)30(38)36-21-32(22-36,25-7-5-4-6-8-25)33-31(39)43-27-19-35-16-13-23(27)14-17-35/h4-12,23,27,29H,13-22H2,1-3H3,(H,33,39)/t27-/m0/s1. The summed E-state index contributed by atoms with van der Waals surface area (Å²) in [4.78, 5) is 44.4. The van der Waals surface area contributed by atoms with Crippen LogP contribution in [-0.4, -0.2) is 112 Å². The van der Waals surface area contributed by atoms with Crippen LogP contribution in [0.25, 0.3) is 0 Å². The number of hydrogen-bond acceptors (Lipinski definition) is 8. The van der Waals surface area contributed by atoms with Gasteiger partial charge in [-0.2, -0.15) is 0 Å². The van der Waals surface area contributed by atoms with E-state index in [1.165, 1.54) is 19.1 Å². The largest absolute Gasteiger partial charge is 0.493 e. The molecule has 1 atom stereocenters. The van der Waals surface area contributed by atoms with E-state index in [9.17, 15) is 14.4 Å². The number of benzene rings is 2. The van der Waals surface area contributed by atoms with E-state index < -0.39 is 17.9 Å². The highest BCUT2D eigenvalue weighted by atomic mass is 16.7. The molecule has 11 heteroatoms. The van der Waals surface area contributed by atoms with Crippen molar-refractivity contribution in [3.8, 4) is 5.75 Å². The van der Waals surface area contributed by atoms with Crippen molar-refractivity contribution in [2.24, 2.45) is 5.92 Å². The predicted octanol–water partition coefficient (Wildman–Crippen LogP) is 2.70. The van der Waals surface area contributed by atoms with Crippen LogP contribution >= 0.6 is 0 Å². The van der Waals surface area contributed by atoms with Crippen LogP contribution in [0.2, 0.25) is 0 Å². The number of hydrogen-bond donors (Lipinski definition) is 1. The smallest absolute Gasteiger partial charge is 0.408 e. The number of carbonyl (C=O) groups is 3. The molecule has 6 rings (SSSR count). The molecule has 2 aromatic carbocycles. The van der Waals surface area contributed by atoms with Gasteiger partial charge in [0.15, 0.2) is 6.29 Å². The first-order chi connectivity index (χ1) is 20.8. The van der Waals surface area contributed by atoms with Crippen molar-refractivity contribution in [1.29, 1.82) is 0 Å². The fourth-order valence-electron chi connectivity index (χ4n) is 6.14. The van der Waals surface area contributed by atoms with Crippen molar-refractivity contribution in [2.45, 2.75) is 37.2 Å². The lowest BCUT2D eigenvalue weighted by molar-refractivity contribution is -0.143. The lowest BCUT2D eigenvalue weighted by Gasteiger charge is -2.51. The van der Waals surface area contributed by atoms with Crippen molar-refractivity contribution < 1.29 is 33.3 Å². The summed E-state index contributed by atoms with van der Waals surface area (Å²) < 4.78 is 21.9. The van der Waals surface area contributed by atoms with E-state index in [0.29, 0.717) is 36.9 Å². The van der Waals surface area contributed by atoms with E-state index in [-0.39, 0.29) is 30.9 Å². The van der Waals surface area contributed by atoms with E-state index in [2.05, 4.69) is 10.2 Å². The van der Waals surface area contributed by atoms with E-state index >= 15 is 0 Å². The quantitative estimate of drug-likeness (QED) is 0.374. The number of alkyl carbamates (subject to hydrolysis) is 1. The zero-order valence-corrected chi connectivity index (χ0v) is 25.2. The van der Waals surface area contributed by atoms with Crippen LogP contribution in [0.3, 0.4) is 0 Å². The SMILES string of the molecule is COC(CN(C)C(=O)CCOc1ccc(C(=O)N2CC(NC(=O)O[C@H]3CN4CCC3CC4)(c3ccccc3)C2)cc1)OC. The number of methoxy groups -OCH3 is 2. The van der Waals surface area contributed by atoms with Crippen LogP contribution in [-0.2, 0) is 24.5 Å². The first-order valence-electron chi connectivity index (χ1n) is 14.9. The van der Waals surface area contributed by atoms with E-state index in [0.717, 1.165) is 38.0 Å². The minimum Gasteiger partial charge on any atom is -0.493 e. The first-order valence-corrected chi connectivity index (χ1v) is 14.9. The average Bonchev–Trinajstić information content (AvgIpc) is 3.02. The number of rotatable bonds is 12. The Bertz CT molecular complexity index is 1240. The molecule has 4 heterocycles. The minimum atomic E-state index is -0.711. The third-order valence-corrected chi connectivity index (χ3v) is 8.79. The molecule has 232 valence electrons. The molecule has 1 N–H and O–H groups in total. The number of ether oxygens (including phenoxy) is 4. The summed E-state index contributed by atoms with van der Waals surface area (Å²) in [6.07, 6.45) is 1.32. The molecule has 0 spiro atoms. The van der Waals surface area contributed by atoms with Gasteiger partial charge in [-0.15, -0.1) is 0 Å². The van der Waals surface area contributed by atoms with Gasteiger partial charge < -0.3 is 34.1 Å². The van der Waals surface area contributed by atoms with Gasteiger partial charge in [0.05, 0.1) is 32.7 Å². The molecule has 3 amide bonds. The zero-order chi connectivity index (χ0) is 30.4. The van der Waals surface area contributed by atoms with Gasteiger partial charge in [-0.05, 0) is 61.7 Å². The van der Waals surface area contributed by atoms with Crippen LogP contribution in [0.15, 0.2) is 54.6 Å². The van der Waals surface area contributed by atoms with Gasteiger partial charge in [-0.3, -0.25) is 14.5 Å². The first kappa shape index (κ1) is 30.8. The van der Waals surface area contributed by atoms with Crippen LogP contribution in [0.1, 0.15) is 35.2 Å². The van der Waals surface area contributed by atoms with Crippen LogP contribution in [0.4, 0.5) is 4.79 Å². The van der Waals surface area contributed by atoms with E-state index in [1.807, 2.05) is 30.3 Å². The van der Waals surface area contributed by atoms with Gasteiger partial charge in [0, 0.05) is 33.4 Å². The van der Waals surface area contributed by atoms with Gasteiger partial charge in [0.2, 0.25) is 5.91 Å². The summed E-state index contributed by atoms with van der Waals surface area (Å²) in [5.74, 6) is 0.763. The predicted molar refractivity (Wildman–Crippen MR) is 159 cm³/mol. The highest BCUT2D eigenvalue weighted by Crippen LogP contribution is 2.35. The molecule has 0 saturated carbocycles. The number of piperidine rings is 3. The van der Waals surface area contributed by atoms with Crippen LogP contribution in [0, 0.1) is 5.92 Å². The third kappa shape index (κ3) is 7.29. The molecule has 4 fully saturated rings. The Morgan fingerprint density at radius 3 is 2.28 bits per heavy atom. The van der Waals surface area contributed by atoms with Crippen molar-refractivity contribution in [1.82, 2.24) is 20.0 Å². The van der Waals surface area contributed by atoms with Crippen LogP contribution in [0.5, 0.6) is 5.75 Å². The monoisotopic (exact) mass is 594 g/mol. The van der Waals surface area contributed by atoms with Crippen molar-refractivity contribution in [3.63, 3.8) is 0 Å². The summed E-state index contributed by atoms with van der Waals surface area (Å²) in [6, 6.07) is 16.6. The van der Waals surface area contributed by atoms with Gasteiger partial charge in [-0.25, -0.2) is 4.79 Å². The topological polar surface area (TPSA) is 110 Å².